The number of hydrogen-bond acceptors (Lipinski definition) is 2. The van der Waals surface area contributed by atoms with Crippen LogP contribution in [0.3, 0.4) is 0 Å². The molecule has 0 spiro atoms. The van der Waals surface area contributed by atoms with Crippen molar-refractivity contribution in [1.82, 2.24) is 0 Å². The van der Waals surface area contributed by atoms with Crippen molar-refractivity contribution in [1.29, 1.82) is 0 Å². The molecule has 15 heavy (non-hydrogen) atoms. The van der Waals surface area contributed by atoms with Crippen molar-refractivity contribution >= 4 is 28.9 Å². The monoisotopic (exact) mass is 224 g/mol. The summed E-state index contributed by atoms with van der Waals surface area (Å²) in [4.78, 5) is 13.3. The third-order valence-corrected chi connectivity index (χ3v) is 2.89. The first-order chi connectivity index (χ1) is 7.09. The lowest BCUT2D eigenvalue weighted by Gasteiger charge is -2.18. The molecule has 1 aromatic rings. The van der Waals surface area contributed by atoms with E-state index in [2.05, 4.69) is 5.32 Å². The fourth-order valence-electron chi connectivity index (χ4n) is 1.76. The molecule has 0 saturated heterocycles. The van der Waals surface area contributed by atoms with Crippen LogP contribution in [-0.4, -0.2) is 19.5 Å². The van der Waals surface area contributed by atoms with Gasteiger partial charge in [-0.25, -0.2) is 0 Å². The minimum absolute atomic E-state index is 0.114. The number of carbonyl (C=O) groups excluding carboxylic acids is 1. The van der Waals surface area contributed by atoms with Crippen LogP contribution < -0.4 is 10.2 Å². The number of amides is 1. The van der Waals surface area contributed by atoms with E-state index in [0.29, 0.717) is 18.0 Å². The van der Waals surface area contributed by atoms with Gasteiger partial charge in [-0.1, -0.05) is 11.6 Å². The van der Waals surface area contributed by atoms with Gasteiger partial charge in [0.2, 0.25) is 5.91 Å². The highest BCUT2D eigenvalue weighted by Crippen LogP contribution is 2.35. The summed E-state index contributed by atoms with van der Waals surface area (Å²) in [7, 11) is 1.78. The van der Waals surface area contributed by atoms with Crippen molar-refractivity contribution in [3.05, 3.63) is 22.7 Å². The molecule has 0 aliphatic carbocycles. The molecule has 1 aliphatic rings. The lowest BCUT2D eigenvalue weighted by atomic mass is 10.2. The normalized spacial score (nSPS) is 15.7. The number of hydrogen-bond donors (Lipinski definition) is 1. The molecule has 0 bridgehead atoms. The Hall–Kier alpha value is -1.22. The molecule has 0 unspecified atom stereocenters. The maximum Gasteiger partial charge on any atom is 0.228 e. The van der Waals surface area contributed by atoms with E-state index in [1.54, 1.807) is 11.9 Å². The first-order valence-electron chi connectivity index (χ1n) is 4.90. The second kappa shape index (κ2) is 3.74. The molecule has 0 saturated carbocycles. The highest BCUT2D eigenvalue weighted by Gasteiger charge is 2.20. The number of benzene rings is 1. The first-order valence-corrected chi connectivity index (χ1v) is 5.28. The van der Waals surface area contributed by atoms with E-state index in [4.69, 9.17) is 11.6 Å². The van der Waals surface area contributed by atoms with Gasteiger partial charge in [0.15, 0.2) is 0 Å². The third kappa shape index (κ3) is 1.79. The Labute approximate surface area is 94.0 Å². The van der Waals surface area contributed by atoms with E-state index in [-0.39, 0.29) is 5.91 Å². The zero-order chi connectivity index (χ0) is 11.0. The lowest BCUT2D eigenvalue weighted by molar-refractivity contribution is -0.118. The minimum atomic E-state index is 0.114. The number of carbonyl (C=O) groups is 1. The van der Waals surface area contributed by atoms with E-state index in [9.17, 15) is 4.79 Å². The van der Waals surface area contributed by atoms with Crippen molar-refractivity contribution in [3.63, 3.8) is 0 Å². The summed E-state index contributed by atoms with van der Waals surface area (Å²) < 4.78 is 0. The van der Waals surface area contributed by atoms with Gasteiger partial charge in [0.25, 0.3) is 0 Å². The van der Waals surface area contributed by atoms with E-state index in [1.165, 1.54) is 0 Å². The number of aryl methyl sites for hydroxylation is 1. The lowest BCUT2D eigenvalue weighted by Crippen LogP contribution is -2.25. The second-order valence-corrected chi connectivity index (χ2v) is 4.18. The van der Waals surface area contributed by atoms with E-state index >= 15 is 0 Å². The fourth-order valence-corrected chi connectivity index (χ4v) is 2.10. The van der Waals surface area contributed by atoms with Crippen LogP contribution >= 0.6 is 11.6 Å². The Morgan fingerprint density at radius 2 is 2.20 bits per heavy atom. The molecule has 1 aliphatic heterocycles. The quantitative estimate of drug-likeness (QED) is 0.734. The van der Waals surface area contributed by atoms with Crippen LogP contribution in [0.4, 0.5) is 11.4 Å². The SMILES string of the molecule is Cc1cc(Cl)c2c(c1)N(C)C(=O)CCN2. The van der Waals surface area contributed by atoms with Gasteiger partial charge >= 0.3 is 0 Å². The van der Waals surface area contributed by atoms with Crippen molar-refractivity contribution in [2.75, 3.05) is 23.8 Å². The van der Waals surface area contributed by atoms with Crippen molar-refractivity contribution in [3.8, 4) is 0 Å². The van der Waals surface area contributed by atoms with Gasteiger partial charge in [0.05, 0.1) is 16.4 Å². The first kappa shape index (κ1) is 10.3. The third-order valence-electron chi connectivity index (χ3n) is 2.59. The van der Waals surface area contributed by atoms with E-state index < -0.39 is 0 Å². The smallest absolute Gasteiger partial charge is 0.228 e. The summed E-state index contributed by atoms with van der Waals surface area (Å²) >= 11 is 6.13. The zero-order valence-electron chi connectivity index (χ0n) is 8.80. The standard InChI is InChI=1S/C11H13ClN2O/c1-7-5-8(12)11-9(6-7)14(2)10(15)3-4-13-11/h5-6,13H,3-4H2,1-2H3. The van der Waals surface area contributed by atoms with Crippen molar-refractivity contribution in [2.24, 2.45) is 0 Å². The average Bonchev–Trinajstić information content (AvgIpc) is 2.30. The summed E-state index contributed by atoms with van der Waals surface area (Å²) in [5.74, 6) is 0.114. The van der Waals surface area contributed by atoms with Crippen molar-refractivity contribution < 1.29 is 4.79 Å². The summed E-state index contributed by atoms with van der Waals surface area (Å²) in [6.07, 6.45) is 0.501. The second-order valence-electron chi connectivity index (χ2n) is 3.77. The fraction of sp³-hybridized carbons (Fsp3) is 0.364. The van der Waals surface area contributed by atoms with Crippen LogP contribution in [0.15, 0.2) is 12.1 Å². The number of anilines is 2. The molecule has 0 radical (unpaired) electrons. The van der Waals surface area contributed by atoms with Crippen LogP contribution in [0.5, 0.6) is 0 Å². The average molecular weight is 225 g/mol. The molecule has 1 amide bonds. The molecule has 1 aromatic carbocycles. The maximum absolute atomic E-state index is 11.6. The predicted molar refractivity (Wildman–Crippen MR) is 62.7 cm³/mol. The number of rotatable bonds is 0. The number of fused-ring (bicyclic) bond motifs is 1. The number of halogens is 1. The molecule has 3 nitrogen and oxygen atoms in total. The molecule has 4 heteroatoms. The molecule has 1 N–H and O–H groups in total. The van der Waals surface area contributed by atoms with E-state index in [0.717, 1.165) is 16.9 Å². The minimum Gasteiger partial charge on any atom is -0.382 e. The Bertz CT molecular complexity index is 417. The van der Waals surface area contributed by atoms with Gasteiger partial charge in [0, 0.05) is 20.0 Å². The highest BCUT2D eigenvalue weighted by molar-refractivity contribution is 6.34. The Kier molecular flexibility index (Phi) is 2.57. The summed E-state index contributed by atoms with van der Waals surface area (Å²) in [5.41, 5.74) is 2.78. The molecule has 0 fully saturated rings. The van der Waals surface area contributed by atoms with Gasteiger partial charge in [-0.2, -0.15) is 0 Å². The molecule has 80 valence electrons. The molecule has 0 atom stereocenters. The van der Waals surface area contributed by atoms with Gasteiger partial charge in [-0.05, 0) is 24.6 Å². The Morgan fingerprint density at radius 3 is 2.93 bits per heavy atom. The van der Waals surface area contributed by atoms with Crippen LogP contribution in [-0.2, 0) is 4.79 Å². The predicted octanol–water partition coefficient (Wildman–Crippen LogP) is 2.43. The summed E-state index contributed by atoms with van der Waals surface area (Å²) in [6.45, 7) is 2.61. The van der Waals surface area contributed by atoms with Crippen LogP contribution in [0.25, 0.3) is 0 Å². The molecular formula is C11H13ClN2O. The van der Waals surface area contributed by atoms with Crippen molar-refractivity contribution in [2.45, 2.75) is 13.3 Å². The van der Waals surface area contributed by atoms with Gasteiger partial charge in [-0.3, -0.25) is 4.79 Å². The maximum atomic E-state index is 11.6. The van der Waals surface area contributed by atoms with E-state index in [1.807, 2.05) is 19.1 Å². The van der Waals surface area contributed by atoms with Crippen LogP contribution in [0.1, 0.15) is 12.0 Å². The molecular weight excluding hydrogens is 212 g/mol. The molecule has 1 heterocycles. The topological polar surface area (TPSA) is 32.3 Å². The highest BCUT2D eigenvalue weighted by atomic mass is 35.5. The molecule has 0 aromatic heterocycles. The summed E-state index contributed by atoms with van der Waals surface area (Å²) in [5, 5.41) is 3.86. The zero-order valence-corrected chi connectivity index (χ0v) is 9.56. The largest absolute Gasteiger partial charge is 0.382 e. The van der Waals surface area contributed by atoms with Gasteiger partial charge < -0.3 is 10.2 Å². The Balaban J connectivity index is 2.58. The van der Waals surface area contributed by atoms with Crippen LogP contribution in [0, 0.1) is 6.92 Å². The molecule has 2 rings (SSSR count). The Morgan fingerprint density at radius 1 is 1.47 bits per heavy atom. The number of nitrogens with zero attached hydrogens (tertiary/aromatic N) is 1. The van der Waals surface area contributed by atoms with Crippen LogP contribution in [0.2, 0.25) is 5.02 Å². The summed E-state index contributed by atoms with van der Waals surface area (Å²) in [6, 6.07) is 3.87. The van der Waals surface area contributed by atoms with Gasteiger partial charge in [0.1, 0.15) is 0 Å². The number of nitrogens with one attached hydrogen (secondary N) is 1. The van der Waals surface area contributed by atoms with Gasteiger partial charge in [-0.15, -0.1) is 0 Å².